The first-order valence-corrected chi connectivity index (χ1v) is 8.10. The molecule has 2 aromatic rings. The minimum Gasteiger partial charge on any atom is -0.314 e. The molecule has 138 valence electrons. The lowest BCUT2D eigenvalue weighted by Crippen LogP contribution is -2.15. The van der Waals surface area contributed by atoms with Crippen LogP contribution < -0.4 is 10.8 Å². The summed E-state index contributed by atoms with van der Waals surface area (Å²) in [5.74, 6) is -0.0381. The number of nitrogens with one attached hydrogen (secondary N) is 2. The summed E-state index contributed by atoms with van der Waals surface area (Å²) >= 11 is 16.4. The Morgan fingerprint density at radius 1 is 1.27 bits per heavy atom. The standard InChI is InChI=1S/C15H11Cl2F3N4OS/c16-11-3-1-9(2-4-11)7-25-23-8-22-14(26)24-13-12(17)5-10(6-21-13)15(18,19)20/h1-6,8H,7H2,(H2,21,22,23,24,26). The number of pyridine rings is 1. The first kappa shape index (κ1) is 20.4. The molecule has 0 fully saturated rings. The molecule has 0 spiro atoms. The number of halogens is 5. The molecule has 0 bridgehead atoms. The molecule has 0 radical (unpaired) electrons. The molecular formula is C15H11Cl2F3N4OS. The number of aromatic nitrogens is 1. The number of anilines is 1. The van der Waals surface area contributed by atoms with Crippen LogP contribution in [0.3, 0.4) is 0 Å². The number of aliphatic imine (C=N–C) groups is 1. The van der Waals surface area contributed by atoms with Crippen LogP contribution in [-0.2, 0) is 17.6 Å². The summed E-state index contributed by atoms with van der Waals surface area (Å²) in [6, 6.07) is 7.80. The van der Waals surface area contributed by atoms with Crippen molar-refractivity contribution in [3.05, 3.63) is 57.7 Å². The molecule has 5 nitrogen and oxygen atoms in total. The van der Waals surface area contributed by atoms with Gasteiger partial charge in [-0.25, -0.2) is 9.98 Å². The second-order valence-corrected chi connectivity index (χ2v) is 6.00. The van der Waals surface area contributed by atoms with E-state index in [4.69, 9.17) is 40.3 Å². The maximum Gasteiger partial charge on any atom is 0.417 e. The Balaban J connectivity index is 1.81. The van der Waals surface area contributed by atoms with Crippen molar-refractivity contribution in [1.29, 1.82) is 0 Å². The summed E-state index contributed by atoms with van der Waals surface area (Å²) < 4.78 is 37.6. The third kappa shape index (κ3) is 6.41. The van der Waals surface area contributed by atoms with Crippen LogP contribution in [0.15, 0.2) is 41.5 Å². The lowest BCUT2D eigenvalue weighted by molar-refractivity contribution is -0.137. The van der Waals surface area contributed by atoms with E-state index in [-0.39, 0.29) is 22.6 Å². The largest absolute Gasteiger partial charge is 0.417 e. The summed E-state index contributed by atoms with van der Waals surface area (Å²) in [5.41, 5.74) is 2.38. The summed E-state index contributed by atoms with van der Waals surface area (Å²) in [6.07, 6.45) is -2.71. The fourth-order valence-electron chi connectivity index (χ4n) is 1.65. The lowest BCUT2D eigenvalue weighted by Gasteiger charge is -2.09. The van der Waals surface area contributed by atoms with Crippen LogP contribution in [0.4, 0.5) is 19.0 Å². The van der Waals surface area contributed by atoms with Gasteiger partial charge in [0.25, 0.3) is 0 Å². The number of alkyl halides is 3. The molecular weight excluding hydrogens is 412 g/mol. The van der Waals surface area contributed by atoms with Crippen LogP contribution in [0.1, 0.15) is 11.1 Å². The van der Waals surface area contributed by atoms with Gasteiger partial charge in [-0.1, -0.05) is 35.3 Å². The molecule has 0 unspecified atom stereocenters. The van der Waals surface area contributed by atoms with E-state index < -0.39 is 11.7 Å². The Bertz CT molecular complexity index is 800. The van der Waals surface area contributed by atoms with Crippen molar-refractivity contribution in [2.45, 2.75) is 12.8 Å². The van der Waals surface area contributed by atoms with Crippen LogP contribution in [0, 0.1) is 0 Å². The molecule has 0 saturated heterocycles. The van der Waals surface area contributed by atoms with E-state index in [9.17, 15) is 13.2 Å². The molecule has 1 aromatic heterocycles. The molecule has 2 rings (SSSR count). The number of benzene rings is 1. The first-order valence-electron chi connectivity index (χ1n) is 6.94. The second kappa shape index (κ2) is 9.13. The van der Waals surface area contributed by atoms with Crippen LogP contribution in [0.25, 0.3) is 0 Å². The van der Waals surface area contributed by atoms with Gasteiger partial charge in [-0.3, -0.25) is 10.3 Å². The van der Waals surface area contributed by atoms with E-state index in [1.807, 2.05) is 0 Å². The average molecular weight is 423 g/mol. The van der Waals surface area contributed by atoms with E-state index in [2.05, 4.69) is 20.8 Å². The van der Waals surface area contributed by atoms with Crippen LogP contribution in [0.5, 0.6) is 0 Å². The maximum absolute atomic E-state index is 12.5. The summed E-state index contributed by atoms with van der Waals surface area (Å²) in [5, 5.41) is 2.84. The molecule has 0 amide bonds. The number of hydrogen-bond donors (Lipinski definition) is 2. The van der Waals surface area contributed by atoms with Gasteiger partial charge < -0.3 is 5.32 Å². The van der Waals surface area contributed by atoms with Gasteiger partial charge in [-0.05, 0) is 36.0 Å². The summed E-state index contributed by atoms with van der Waals surface area (Å²) in [6.45, 7) is 0.260. The molecule has 0 aliphatic carbocycles. The Hall–Kier alpha value is -1.94. The monoisotopic (exact) mass is 422 g/mol. The van der Waals surface area contributed by atoms with Crippen molar-refractivity contribution in [3.8, 4) is 0 Å². The van der Waals surface area contributed by atoms with Gasteiger partial charge in [-0.2, -0.15) is 13.2 Å². The number of hydroxylamine groups is 1. The molecule has 11 heteroatoms. The van der Waals surface area contributed by atoms with Crippen molar-refractivity contribution in [2.75, 3.05) is 5.32 Å². The molecule has 0 saturated carbocycles. The first-order chi connectivity index (χ1) is 12.3. The Labute approximate surface area is 162 Å². The van der Waals surface area contributed by atoms with Gasteiger partial charge in [-0.15, -0.1) is 0 Å². The number of hydrogen-bond acceptors (Lipinski definition) is 3. The number of thiocarbonyl (C=S) groups is 1. The molecule has 2 N–H and O–H groups in total. The third-order valence-corrected chi connectivity index (χ3v) is 3.61. The fourth-order valence-corrected chi connectivity index (χ4v) is 2.14. The number of rotatable bonds is 5. The van der Waals surface area contributed by atoms with Gasteiger partial charge in [0.05, 0.1) is 17.2 Å². The topological polar surface area (TPSA) is 58.5 Å². The van der Waals surface area contributed by atoms with Crippen LogP contribution in [0.2, 0.25) is 10.0 Å². The van der Waals surface area contributed by atoms with Gasteiger partial charge in [0.15, 0.2) is 10.9 Å². The van der Waals surface area contributed by atoms with Crippen molar-refractivity contribution in [3.63, 3.8) is 0 Å². The highest BCUT2D eigenvalue weighted by molar-refractivity contribution is 7.80. The van der Waals surface area contributed by atoms with Gasteiger partial charge in [0.1, 0.15) is 6.34 Å². The Morgan fingerprint density at radius 3 is 2.58 bits per heavy atom. The van der Waals surface area contributed by atoms with E-state index >= 15 is 0 Å². The van der Waals surface area contributed by atoms with Crippen molar-refractivity contribution in [2.24, 2.45) is 4.99 Å². The summed E-state index contributed by atoms with van der Waals surface area (Å²) in [4.78, 5) is 12.5. The van der Waals surface area contributed by atoms with E-state index in [1.54, 1.807) is 24.3 Å². The minimum absolute atomic E-state index is 0.0381. The molecule has 1 aromatic carbocycles. The molecule has 0 aliphatic rings. The highest BCUT2D eigenvalue weighted by Crippen LogP contribution is 2.32. The predicted octanol–water partition coefficient (Wildman–Crippen LogP) is 4.85. The van der Waals surface area contributed by atoms with E-state index in [0.717, 1.165) is 11.6 Å². The summed E-state index contributed by atoms with van der Waals surface area (Å²) in [7, 11) is 0. The van der Waals surface area contributed by atoms with Gasteiger partial charge in [0.2, 0.25) is 0 Å². The molecule has 1 heterocycles. The SMILES string of the molecule is FC(F)(F)c1cnc(NC(=S)/N=C\NOCc2ccc(Cl)cc2)c(Cl)c1. The molecule has 0 aliphatic heterocycles. The smallest absolute Gasteiger partial charge is 0.314 e. The Kier molecular flexibility index (Phi) is 7.15. The average Bonchev–Trinajstić information content (AvgIpc) is 2.57. The van der Waals surface area contributed by atoms with E-state index in [0.29, 0.717) is 11.2 Å². The molecule has 0 atom stereocenters. The normalized spacial score (nSPS) is 11.6. The van der Waals surface area contributed by atoms with Crippen molar-refractivity contribution in [1.82, 2.24) is 10.5 Å². The maximum atomic E-state index is 12.5. The van der Waals surface area contributed by atoms with Crippen LogP contribution >= 0.6 is 35.4 Å². The zero-order chi connectivity index (χ0) is 19.2. The highest BCUT2D eigenvalue weighted by atomic mass is 35.5. The third-order valence-electron chi connectivity index (χ3n) is 2.86. The highest BCUT2D eigenvalue weighted by Gasteiger charge is 2.31. The zero-order valence-corrected chi connectivity index (χ0v) is 15.2. The molecule has 26 heavy (non-hydrogen) atoms. The quantitative estimate of drug-likeness (QED) is 0.237. The second-order valence-electron chi connectivity index (χ2n) is 4.77. The van der Waals surface area contributed by atoms with E-state index in [1.165, 1.54) is 6.34 Å². The fraction of sp³-hybridized carbons (Fsp3) is 0.133. The van der Waals surface area contributed by atoms with Gasteiger partial charge in [0, 0.05) is 11.2 Å². The zero-order valence-electron chi connectivity index (χ0n) is 12.8. The minimum atomic E-state index is -4.53. The lowest BCUT2D eigenvalue weighted by atomic mass is 10.2. The van der Waals surface area contributed by atoms with Crippen molar-refractivity contribution >= 4 is 52.7 Å². The predicted molar refractivity (Wildman–Crippen MR) is 98.3 cm³/mol. The Morgan fingerprint density at radius 2 is 1.96 bits per heavy atom. The number of nitrogens with zero attached hydrogens (tertiary/aromatic N) is 2. The van der Waals surface area contributed by atoms with Crippen LogP contribution in [-0.4, -0.2) is 16.4 Å². The van der Waals surface area contributed by atoms with Crippen molar-refractivity contribution < 1.29 is 18.0 Å². The van der Waals surface area contributed by atoms with Gasteiger partial charge >= 0.3 is 6.18 Å².